The van der Waals surface area contributed by atoms with E-state index in [1.54, 1.807) is 24.3 Å². The van der Waals surface area contributed by atoms with Crippen LogP contribution in [0, 0.1) is 5.92 Å². The van der Waals surface area contributed by atoms with Gasteiger partial charge < -0.3 is 10.2 Å². The van der Waals surface area contributed by atoms with Crippen LogP contribution in [0.4, 0.5) is 5.69 Å². The molecule has 2 heterocycles. The highest BCUT2D eigenvalue weighted by molar-refractivity contribution is 6.35. The van der Waals surface area contributed by atoms with Crippen molar-refractivity contribution < 1.29 is 14.4 Å². The van der Waals surface area contributed by atoms with Gasteiger partial charge in [0.05, 0.1) is 5.57 Å². The lowest BCUT2D eigenvalue weighted by Crippen LogP contribution is -2.38. The van der Waals surface area contributed by atoms with Crippen LogP contribution in [0.3, 0.4) is 0 Å². The van der Waals surface area contributed by atoms with Gasteiger partial charge in [-0.3, -0.25) is 19.3 Å². The number of imide groups is 1. The minimum atomic E-state index is -0.250. The summed E-state index contributed by atoms with van der Waals surface area (Å²) in [6.07, 6.45) is 0.833. The van der Waals surface area contributed by atoms with Crippen LogP contribution in [0.15, 0.2) is 54.2 Å². The van der Waals surface area contributed by atoms with Crippen molar-refractivity contribution in [2.24, 2.45) is 5.92 Å². The highest BCUT2D eigenvalue weighted by atomic mass is 16.2. The van der Waals surface area contributed by atoms with E-state index in [-0.39, 0.29) is 23.6 Å². The molecule has 2 aromatic rings. The van der Waals surface area contributed by atoms with Gasteiger partial charge in [0.25, 0.3) is 11.8 Å². The molecule has 3 amide bonds. The van der Waals surface area contributed by atoms with Gasteiger partial charge in [0.15, 0.2) is 0 Å². The number of rotatable bonds is 5. The van der Waals surface area contributed by atoms with Crippen LogP contribution >= 0.6 is 0 Å². The first-order valence-corrected chi connectivity index (χ1v) is 10.7. The molecule has 0 saturated heterocycles. The Kier molecular flexibility index (Phi) is 5.63. The van der Waals surface area contributed by atoms with Crippen molar-refractivity contribution in [1.29, 1.82) is 0 Å². The molecule has 0 spiro atoms. The number of anilines is 1. The quantitative estimate of drug-likeness (QED) is 0.757. The van der Waals surface area contributed by atoms with Crippen molar-refractivity contribution in [1.82, 2.24) is 9.80 Å². The summed E-state index contributed by atoms with van der Waals surface area (Å²) < 4.78 is 0. The normalized spacial score (nSPS) is 16.3. The van der Waals surface area contributed by atoms with Crippen LogP contribution in [0.25, 0.3) is 5.57 Å². The second-order valence-corrected chi connectivity index (χ2v) is 8.54. The molecule has 0 aliphatic carbocycles. The molecule has 0 aromatic heterocycles. The van der Waals surface area contributed by atoms with Crippen molar-refractivity contribution in [2.75, 3.05) is 18.4 Å². The van der Waals surface area contributed by atoms with Crippen LogP contribution in [0.5, 0.6) is 0 Å². The van der Waals surface area contributed by atoms with E-state index in [0.717, 1.165) is 6.42 Å². The zero-order valence-corrected chi connectivity index (χ0v) is 18.1. The Hall–Kier alpha value is -3.41. The Labute approximate surface area is 182 Å². The first-order chi connectivity index (χ1) is 14.8. The van der Waals surface area contributed by atoms with Crippen molar-refractivity contribution in [3.63, 3.8) is 0 Å². The lowest BCUT2D eigenvalue weighted by Gasteiger charge is -2.31. The third kappa shape index (κ3) is 4.10. The Bertz CT molecular complexity index is 1070. The number of nitrogens with one attached hydrogen (secondary N) is 1. The number of carbonyl (C=O) groups excluding carboxylic acids is 3. The Morgan fingerprint density at radius 2 is 1.68 bits per heavy atom. The molecule has 4 rings (SSSR count). The molecule has 0 unspecified atom stereocenters. The lowest BCUT2D eigenvalue weighted by molar-refractivity contribution is -0.138. The van der Waals surface area contributed by atoms with Gasteiger partial charge in [0, 0.05) is 32.2 Å². The molecule has 160 valence electrons. The topological polar surface area (TPSA) is 69.7 Å². The molecular weight excluding hydrogens is 390 g/mol. The molecule has 2 aliphatic rings. The van der Waals surface area contributed by atoms with E-state index in [1.165, 1.54) is 23.0 Å². The minimum absolute atomic E-state index is 0.158. The van der Waals surface area contributed by atoms with Crippen LogP contribution < -0.4 is 5.32 Å². The molecule has 0 saturated carbocycles. The van der Waals surface area contributed by atoms with Crippen molar-refractivity contribution in [2.45, 2.75) is 33.7 Å². The molecule has 0 radical (unpaired) electrons. The predicted octanol–water partition coefficient (Wildman–Crippen LogP) is 3.44. The summed E-state index contributed by atoms with van der Waals surface area (Å²) >= 11 is 0. The monoisotopic (exact) mass is 417 g/mol. The summed E-state index contributed by atoms with van der Waals surface area (Å²) in [5.41, 5.74) is 4.74. The third-order valence-corrected chi connectivity index (χ3v) is 5.63. The summed E-state index contributed by atoms with van der Waals surface area (Å²) in [5, 5.41) is 2.74. The van der Waals surface area contributed by atoms with Gasteiger partial charge in [0.1, 0.15) is 5.70 Å². The molecular formula is C25H27N3O3. The fourth-order valence-corrected chi connectivity index (χ4v) is 4.26. The largest absolute Gasteiger partial charge is 0.362 e. The van der Waals surface area contributed by atoms with Crippen molar-refractivity contribution in [3.05, 3.63) is 70.9 Å². The highest BCUT2D eigenvalue weighted by Crippen LogP contribution is 2.35. The smallest absolute Gasteiger partial charge is 0.277 e. The van der Waals surface area contributed by atoms with E-state index in [9.17, 15) is 14.4 Å². The molecule has 2 aromatic carbocycles. The zero-order valence-electron chi connectivity index (χ0n) is 18.1. The van der Waals surface area contributed by atoms with Crippen LogP contribution in [-0.4, -0.2) is 40.6 Å². The average Bonchev–Trinajstić information content (AvgIpc) is 2.98. The van der Waals surface area contributed by atoms with Crippen molar-refractivity contribution in [3.8, 4) is 0 Å². The van der Waals surface area contributed by atoms with Gasteiger partial charge in [-0.15, -0.1) is 0 Å². The Morgan fingerprint density at radius 1 is 1.00 bits per heavy atom. The summed E-state index contributed by atoms with van der Waals surface area (Å²) in [7, 11) is 0. The molecule has 1 N–H and O–H groups in total. The fraction of sp³-hybridized carbons (Fsp3) is 0.320. The van der Waals surface area contributed by atoms with Gasteiger partial charge in [-0.25, -0.2) is 0 Å². The summed E-state index contributed by atoms with van der Waals surface area (Å²) in [6, 6.07) is 15.3. The summed E-state index contributed by atoms with van der Waals surface area (Å²) in [5.74, 6) is -0.452. The first-order valence-electron chi connectivity index (χ1n) is 10.7. The number of hydrogen-bond donors (Lipinski definition) is 1. The van der Waals surface area contributed by atoms with Crippen LogP contribution in [-0.2, 0) is 27.3 Å². The maximum absolute atomic E-state index is 13.4. The summed E-state index contributed by atoms with van der Waals surface area (Å²) in [4.78, 5) is 41.5. The van der Waals surface area contributed by atoms with Gasteiger partial charge in [-0.05, 0) is 41.2 Å². The van der Waals surface area contributed by atoms with E-state index in [1.807, 2.05) is 30.9 Å². The number of benzene rings is 2. The molecule has 0 atom stereocenters. The van der Waals surface area contributed by atoms with Gasteiger partial charge in [-0.1, -0.05) is 50.2 Å². The molecule has 6 heteroatoms. The van der Waals surface area contributed by atoms with E-state index in [4.69, 9.17) is 0 Å². The van der Waals surface area contributed by atoms with E-state index >= 15 is 0 Å². The highest BCUT2D eigenvalue weighted by Gasteiger charge is 2.42. The van der Waals surface area contributed by atoms with Gasteiger partial charge in [-0.2, -0.15) is 0 Å². The zero-order chi connectivity index (χ0) is 22.1. The number of amides is 3. The minimum Gasteiger partial charge on any atom is -0.362 e. The molecule has 31 heavy (non-hydrogen) atoms. The third-order valence-electron chi connectivity index (χ3n) is 5.63. The number of carbonyl (C=O) groups is 3. The first kappa shape index (κ1) is 20.8. The van der Waals surface area contributed by atoms with Gasteiger partial charge in [0.2, 0.25) is 5.91 Å². The average molecular weight is 418 g/mol. The number of fused-ring (bicyclic) bond motifs is 1. The lowest BCUT2D eigenvalue weighted by atomic mass is 9.97. The van der Waals surface area contributed by atoms with E-state index < -0.39 is 0 Å². The molecule has 0 fully saturated rings. The van der Waals surface area contributed by atoms with Crippen molar-refractivity contribution >= 4 is 29.0 Å². The van der Waals surface area contributed by atoms with Crippen LogP contribution in [0.1, 0.15) is 37.5 Å². The van der Waals surface area contributed by atoms with Crippen LogP contribution in [0.2, 0.25) is 0 Å². The number of hydrogen-bond acceptors (Lipinski definition) is 4. The second kappa shape index (κ2) is 8.38. The SMILES string of the molecule is CC(=O)Nc1ccc(C2=C(N3CCc4ccccc4C3)C(=O)N(CC(C)C)C2=O)cc1. The summed E-state index contributed by atoms with van der Waals surface area (Å²) in [6.45, 7) is 7.13. The Balaban J connectivity index is 1.74. The second-order valence-electron chi connectivity index (χ2n) is 8.54. The Morgan fingerprint density at radius 3 is 2.32 bits per heavy atom. The molecule has 6 nitrogen and oxygen atoms in total. The molecule has 0 bridgehead atoms. The standard InChI is InChI=1S/C25H27N3O3/c1-16(2)14-28-24(30)22(19-8-10-21(11-9-19)26-17(3)29)23(25(28)31)27-13-12-18-6-4-5-7-20(18)15-27/h4-11,16H,12-15H2,1-3H3,(H,26,29). The van der Waals surface area contributed by atoms with Gasteiger partial charge >= 0.3 is 0 Å². The number of nitrogens with zero attached hydrogens (tertiary/aromatic N) is 2. The van der Waals surface area contributed by atoms with E-state index in [2.05, 4.69) is 17.4 Å². The fourth-order valence-electron chi connectivity index (χ4n) is 4.26. The molecule has 2 aliphatic heterocycles. The maximum Gasteiger partial charge on any atom is 0.277 e. The van der Waals surface area contributed by atoms with E-state index in [0.29, 0.717) is 42.2 Å². The maximum atomic E-state index is 13.4. The predicted molar refractivity (Wildman–Crippen MR) is 120 cm³/mol.